The average Bonchev–Trinajstić information content (AvgIpc) is 3.96. The molecule has 4 heterocycles. The maximum absolute atomic E-state index is 14.1. The Kier molecular flexibility index (Phi) is 6.60. The van der Waals surface area contributed by atoms with Crippen LogP contribution in [0.1, 0.15) is 65.8 Å². The van der Waals surface area contributed by atoms with E-state index in [9.17, 15) is 19.1 Å². The number of amides is 2. The van der Waals surface area contributed by atoms with Gasteiger partial charge in [0.25, 0.3) is 5.91 Å². The lowest BCUT2D eigenvalue weighted by molar-refractivity contribution is -0.123. The zero-order valence-electron chi connectivity index (χ0n) is 24.2. The van der Waals surface area contributed by atoms with Crippen LogP contribution in [0.3, 0.4) is 0 Å². The van der Waals surface area contributed by atoms with Crippen molar-refractivity contribution in [1.82, 2.24) is 19.7 Å². The van der Waals surface area contributed by atoms with E-state index in [0.717, 1.165) is 18.5 Å². The van der Waals surface area contributed by atoms with E-state index in [0.29, 0.717) is 52.6 Å². The van der Waals surface area contributed by atoms with Crippen molar-refractivity contribution in [3.05, 3.63) is 76.1 Å². The third-order valence-corrected chi connectivity index (χ3v) is 9.33. The van der Waals surface area contributed by atoms with Crippen molar-refractivity contribution in [3.8, 4) is 22.8 Å². The van der Waals surface area contributed by atoms with E-state index in [1.807, 2.05) is 6.20 Å². The molecule has 1 aromatic carbocycles. The summed E-state index contributed by atoms with van der Waals surface area (Å²) in [5.41, 5.74) is 6.39. The standard InChI is InChI=1S/C32H31ClFN5O5/c1-31(30(35)41)15-44-27-20(31)11-25(38-26(27)17-5-8-22(34)21(33)9-17)32(42,19-6-7-19)14-36-29(40)18-10-24(43-2)28-37-23(16-3-4-16)13-39(28)12-18/h5,8-13,16,19,42H,3-4,6-7,14-15H2,1-2H3,(H2,35,41)(H,36,40)/t31-,32+/m0/s1. The lowest BCUT2D eigenvalue weighted by Gasteiger charge is -2.30. The predicted molar refractivity (Wildman–Crippen MR) is 159 cm³/mol. The molecule has 0 radical (unpaired) electrons. The topological polar surface area (TPSA) is 141 Å². The van der Waals surface area contributed by atoms with Gasteiger partial charge in [0, 0.05) is 29.4 Å². The van der Waals surface area contributed by atoms with E-state index in [-0.39, 0.29) is 35.5 Å². The molecule has 0 unspecified atom stereocenters. The number of imidazole rings is 1. The van der Waals surface area contributed by atoms with Crippen molar-refractivity contribution >= 4 is 29.1 Å². The summed E-state index contributed by atoms with van der Waals surface area (Å²) in [4.78, 5) is 35.6. The minimum absolute atomic E-state index is 0.0235. The summed E-state index contributed by atoms with van der Waals surface area (Å²) >= 11 is 6.10. The zero-order valence-corrected chi connectivity index (χ0v) is 24.9. The smallest absolute Gasteiger partial charge is 0.253 e. The number of hydrogen-bond donors (Lipinski definition) is 3. The number of ether oxygens (including phenoxy) is 2. The number of nitrogens with zero attached hydrogens (tertiary/aromatic N) is 3. The van der Waals surface area contributed by atoms with Crippen molar-refractivity contribution in [2.45, 2.75) is 49.5 Å². The molecule has 4 N–H and O–H groups in total. The highest BCUT2D eigenvalue weighted by atomic mass is 35.5. The molecule has 2 atom stereocenters. The monoisotopic (exact) mass is 619 g/mol. The van der Waals surface area contributed by atoms with Crippen LogP contribution in [0.4, 0.5) is 4.39 Å². The van der Waals surface area contributed by atoms with Gasteiger partial charge in [-0.2, -0.15) is 0 Å². The summed E-state index contributed by atoms with van der Waals surface area (Å²) in [6.07, 6.45) is 7.23. The minimum Gasteiger partial charge on any atom is -0.493 e. The molecule has 1 aliphatic heterocycles. The Bertz CT molecular complexity index is 1850. The first kappa shape index (κ1) is 28.5. The number of benzene rings is 1. The largest absolute Gasteiger partial charge is 0.493 e. The van der Waals surface area contributed by atoms with Gasteiger partial charge in [0.05, 0.1) is 35.6 Å². The number of nitrogens with two attached hydrogens (primary N) is 1. The zero-order chi connectivity index (χ0) is 31.0. The molecule has 0 bridgehead atoms. The SMILES string of the molecule is COc1cc(C(=O)NC[C@](O)(c2cc3c(c(-c4ccc(F)c(Cl)c4)n2)OC[C@]3(C)C(N)=O)C2CC2)cn2cc(C3CC3)nc12. The van der Waals surface area contributed by atoms with Crippen molar-refractivity contribution in [2.24, 2.45) is 11.7 Å². The Balaban J connectivity index is 1.26. The number of hydrogen-bond acceptors (Lipinski definition) is 7. The van der Waals surface area contributed by atoms with Crippen LogP contribution in [-0.2, 0) is 15.8 Å². The lowest BCUT2D eigenvalue weighted by Crippen LogP contribution is -2.44. The molecule has 0 saturated heterocycles. The van der Waals surface area contributed by atoms with E-state index in [2.05, 4.69) is 10.3 Å². The van der Waals surface area contributed by atoms with Gasteiger partial charge in [-0.15, -0.1) is 0 Å². The number of carbonyl (C=O) groups excluding carboxylic acids is 2. The van der Waals surface area contributed by atoms with Gasteiger partial charge >= 0.3 is 0 Å². The Morgan fingerprint density at radius 1 is 1.23 bits per heavy atom. The Morgan fingerprint density at radius 3 is 2.66 bits per heavy atom. The van der Waals surface area contributed by atoms with Gasteiger partial charge in [-0.25, -0.2) is 14.4 Å². The third kappa shape index (κ3) is 4.66. The molecule has 0 spiro atoms. The van der Waals surface area contributed by atoms with E-state index in [4.69, 9.17) is 31.8 Å². The van der Waals surface area contributed by atoms with Crippen molar-refractivity contribution in [1.29, 1.82) is 0 Å². The summed E-state index contributed by atoms with van der Waals surface area (Å²) in [7, 11) is 1.53. The summed E-state index contributed by atoms with van der Waals surface area (Å²) < 4.78 is 27.3. The fraction of sp³-hybridized carbons (Fsp3) is 0.375. The quantitative estimate of drug-likeness (QED) is 0.254. The maximum atomic E-state index is 14.1. The molecule has 44 heavy (non-hydrogen) atoms. The molecule has 10 nitrogen and oxygen atoms in total. The highest BCUT2D eigenvalue weighted by molar-refractivity contribution is 6.31. The van der Waals surface area contributed by atoms with Gasteiger partial charge < -0.3 is 30.0 Å². The van der Waals surface area contributed by atoms with Gasteiger partial charge in [0.1, 0.15) is 34.9 Å². The summed E-state index contributed by atoms with van der Waals surface area (Å²) in [5, 5.41) is 15.0. The highest BCUT2D eigenvalue weighted by Crippen LogP contribution is 2.50. The van der Waals surface area contributed by atoms with Crippen LogP contribution >= 0.6 is 11.6 Å². The maximum Gasteiger partial charge on any atom is 0.253 e. The first-order valence-electron chi connectivity index (χ1n) is 14.5. The van der Waals surface area contributed by atoms with Gasteiger partial charge in [0.2, 0.25) is 5.91 Å². The number of aromatic nitrogens is 3. The minimum atomic E-state index is -1.59. The Hall–Kier alpha value is -4.22. The van der Waals surface area contributed by atoms with Crippen molar-refractivity contribution < 1.29 is 28.6 Å². The van der Waals surface area contributed by atoms with E-state index >= 15 is 0 Å². The van der Waals surface area contributed by atoms with Crippen LogP contribution in [-0.4, -0.2) is 51.6 Å². The molecule has 2 aliphatic carbocycles. The molecule has 3 aromatic heterocycles. The number of rotatable bonds is 9. The summed E-state index contributed by atoms with van der Waals surface area (Å²) in [6.45, 7) is 1.49. The second kappa shape index (κ2) is 10.2. The molecule has 7 rings (SSSR count). The van der Waals surface area contributed by atoms with Gasteiger partial charge in [-0.1, -0.05) is 11.6 Å². The van der Waals surface area contributed by atoms with Crippen LogP contribution in [0.5, 0.6) is 11.5 Å². The van der Waals surface area contributed by atoms with Crippen LogP contribution in [0.25, 0.3) is 16.9 Å². The fourth-order valence-corrected chi connectivity index (χ4v) is 6.09. The van der Waals surface area contributed by atoms with Gasteiger partial charge in [0.15, 0.2) is 11.4 Å². The molecule has 228 valence electrons. The molecule has 3 aliphatic rings. The van der Waals surface area contributed by atoms with E-state index in [1.165, 1.54) is 25.3 Å². The van der Waals surface area contributed by atoms with E-state index in [1.54, 1.807) is 29.7 Å². The van der Waals surface area contributed by atoms with Crippen LogP contribution < -0.4 is 20.5 Å². The van der Waals surface area contributed by atoms with Crippen molar-refractivity contribution in [3.63, 3.8) is 0 Å². The number of carbonyl (C=O) groups is 2. The molecule has 12 heteroatoms. The van der Waals surface area contributed by atoms with Gasteiger partial charge in [-0.05, 0) is 68.9 Å². The van der Waals surface area contributed by atoms with Crippen LogP contribution in [0.15, 0.2) is 42.7 Å². The molecular formula is C32H31ClFN5O5. The van der Waals surface area contributed by atoms with Crippen molar-refractivity contribution in [2.75, 3.05) is 20.3 Å². The normalized spacial score (nSPS) is 20.6. The second-order valence-electron chi connectivity index (χ2n) is 12.2. The molecule has 2 fully saturated rings. The van der Waals surface area contributed by atoms with E-state index < -0.39 is 28.6 Å². The van der Waals surface area contributed by atoms with Crippen LogP contribution in [0, 0.1) is 11.7 Å². The summed E-state index contributed by atoms with van der Waals surface area (Å²) in [6, 6.07) is 7.39. The highest BCUT2D eigenvalue weighted by Gasteiger charge is 2.50. The number of nitrogens with one attached hydrogen (secondary N) is 1. The Labute approximate surface area is 257 Å². The number of aliphatic hydroxyl groups is 1. The molecular weight excluding hydrogens is 589 g/mol. The number of halogens is 2. The lowest BCUT2D eigenvalue weighted by atomic mass is 9.81. The molecule has 4 aromatic rings. The first-order chi connectivity index (χ1) is 21.0. The average molecular weight is 620 g/mol. The number of methoxy groups -OCH3 is 1. The number of primary amides is 1. The third-order valence-electron chi connectivity index (χ3n) is 9.04. The molecule has 2 saturated carbocycles. The fourth-order valence-electron chi connectivity index (χ4n) is 5.91. The predicted octanol–water partition coefficient (Wildman–Crippen LogP) is 4.24. The van der Waals surface area contributed by atoms with Gasteiger partial charge in [-0.3, -0.25) is 9.59 Å². The first-order valence-corrected chi connectivity index (χ1v) is 14.9. The second-order valence-corrected chi connectivity index (χ2v) is 12.6. The number of fused-ring (bicyclic) bond motifs is 2. The molecule has 2 amide bonds. The summed E-state index contributed by atoms with van der Waals surface area (Å²) in [5.74, 6) is -0.606. The number of pyridine rings is 2. The Morgan fingerprint density at radius 2 is 2.00 bits per heavy atom. The van der Waals surface area contributed by atoms with Crippen LogP contribution in [0.2, 0.25) is 5.02 Å².